The Hall–Kier alpha value is -3.15. The smallest absolute Gasteiger partial charge is 0.319 e. The van der Waals surface area contributed by atoms with Crippen LogP contribution in [0.1, 0.15) is 17.2 Å². The topological polar surface area (TPSA) is 71.8 Å². The number of carbonyl (C=O) groups excluding carboxylic acids is 1. The van der Waals surface area contributed by atoms with Crippen LogP contribution >= 0.6 is 0 Å². The van der Waals surface area contributed by atoms with E-state index in [1.165, 1.54) is 6.33 Å². The summed E-state index contributed by atoms with van der Waals surface area (Å²) in [6.45, 7) is 2.51. The zero-order valence-electron chi connectivity index (χ0n) is 13.4. The second-order valence-corrected chi connectivity index (χ2v) is 5.55. The van der Waals surface area contributed by atoms with Gasteiger partial charge in [-0.05, 0) is 24.6 Å². The molecule has 1 heterocycles. The third-order valence-corrected chi connectivity index (χ3v) is 3.65. The van der Waals surface area contributed by atoms with Crippen LogP contribution in [0.15, 0.2) is 67.3 Å². The van der Waals surface area contributed by atoms with E-state index in [0.717, 1.165) is 16.8 Å². The Morgan fingerprint density at radius 2 is 1.88 bits per heavy atom. The molecule has 0 unspecified atom stereocenters. The highest BCUT2D eigenvalue weighted by atomic mass is 16.2. The van der Waals surface area contributed by atoms with Crippen LogP contribution in [0.2, 0.25) is 0 Å². The van der Waals surface area contributed by atoms with Gasteiger partial charge in [0.2, 0.25) is 0 Å². The van der Waals surface area contributed by atoms with Gasteiger partial charge in [0, 0.05) is 5.69 Å². The van der Waals surface area contributed by atoms with Gasteiger partial charge in [0.05, 0.1) is 12.6 Å². The van der Waals surface area contributed by atoms with Gasteiger partial charge in [-0.2, -0.15) is 5.10 Å². The molecule has 0 aliphatic heterocycles. The molecule has 0 bridgehead atoms. The van der Waals surface area contributed by atoms with Crippen LogP contribution in [0.4, 0.5) is 10.5 Å². The van der Waals surface area contributed by atoms with Gasteiger partial charge in [0.1, 0.15) is 12.7 Å². The summed E-state index contributed by atoms with van der Waals surface area (Å²) in [5, 5.41) is 9.97. The van der Waals surface area contributed by atoms with Crippen molar-refractivity contribution in [3.63, 3.8) is 0 Å². The number of carbonyl (C=O) groups is 1. The summed E-state index contributed by atoms with van der Waals surface area (Å²) in [6.07, 6.45) is 3.12. The fourth-order valence-corrected chi connectivity index (χ4v) is 2.40. The molecule has 6 nitrogen and oxygen atoms in total. The SMILES string of the molecule is Cc1ccc(NC(=O)N[C@H](Cn2cncn2)c2ccccc2)cc1. The zero-order chi connectivity index (χ0) is 16.8. The highest BCUT2D eigenvalue weighted by molar-refractivity contribution is 5.89. The predicted molar refractivity (Wildman–Crippen MR) is 92.5 cm³/mol. The summed E-state index contributed by atoms with van der Waals surface area (Å²) < 4.78 is 1.70. The number of hydrogen-bond acceptors (Lipinski definition) is 3. The first-order chi connectivity index (χ1) is 11.7. The third-order valence-electron chi connectivity index (χ3n) is 3.65. The number of amides is 2. The number of urea groups is 1. The number of nitrogens with one attached hydrogen (secondary N) is 2. The number of aromatic nitrogens is 3. The van der Waals surface area contributed by atoms with Crippen molar-refractivity contribution in [1.29, 1.82) is 0 Å². The predicted octanol–water partition coefficient (Wildman–Crippen LogP) is 3.15. The molecule has 2 aromatic carbocycles. The molecule has 2 amide bonds. The Morgan fingerprint density at radius 3 is 2.54 bits per heavy atom. The van der Waals surface area contributed by atoms with Gasteiger partial charge >= 0.3 is 6.03 Å². The standard InChI is InChI=1S/C18H19N5O/c1-14-7-9-16(10-8-14)21-18(24)22-17(11-23-13-19-12-20-23)15-5-3-2-4-6-15/h2-10,12-13,17H,11H2,1H3,(H2,21,22,24)/t17-/m1/s1. The van der Waals surface area contributed by atoms with Crippen LogP contribution in [-0.2, 0) is 6.54 Å². The average Bonchev–Trinajstić information content (AvgIpc) is 3.10. The highest BCUT2D eigenvalue weighted by Gasteiger charge is 2.15. The van der Waals surface area contributed by atoms with Crippen molar-refractivity contribution in [2.45, 2.75) is 19.5 Å². The van der Waals surface area contributed by atoms with Gasteiger partial charge in [-0.15, -0.1) is 0 Å². The van der Waals surface area contributed by atoms with Crippen molar-refractivity contribution in [3.8, 4) is 0 Å². The Balaban J connectivity index is 1.71. The van der Waals surface area contributed by atoms with Gasteiger partial charge in [0.25, 0.3) is 0 Å². The Labute approximate surface area is 140 Å². The number of nitrogens with zero attached hydrogens (tertiary/aromatic N) is 3. The van der Waals surface area contributed by atoms with Gasteiger partial charge in [-0.1, -0.05) is 48.0 Å². The minimum absolute atomic E-state index is 0.210. The lowest BCUT2D eigenvalue weighted by Crippen LogP contribution is -2.35. The van der Waals surface area contributed by atoms with Crippen molar-refractivity contribution in [1.82, 2.24) is 20.1 Å². The van der Waals surface area contributed by atoms with Crippen LogP contribution < -0.4 is 10.6 Å². The molecule has 122 valence electrons. The molecule has 24 heavy (non-hydrogen) atoms. The fourth-order valence-electron chi connectivity index (χ4n) is 2.40. The van der Waals surface area contributed by atoms with Crippen molar-refractivity contribution in [2.24, 2.45) is 0 Å². The minimum atomic E-state index is -0.257. The molecule has 0 saturated carbocycles. The quantitative estimate of drug-likeness (QED) is 0.758. The van der Waals surface area contributed by atoms with Crippen LogP contribution in [0, 0.1) is 6.92 Å². The number of benzene rings is 2. The fraction of sp³-hybridized carbons (Fsp3) is 0.167. The van der Waals surface area contributed by atoms with E-state index in [0.29, 0.717) is 6.54 Å². The number of anilines is 1. The molecule has 0 aliphatic carbocycles. The molecule has 0 fully saturated rings. The second-order valence-electron chi connectivity index (χ2n) is 5.55. The monoisotopic (exact) mass is 321 g/mol. The van der Waals surface area contributed by atoms with E-state index in [-0.39, 0.29) is 12.1 Å². The Morgan fingerprint density at radius 1 is 1.12 bits per heavy atom. The molecule has 1 atom stereocenters. The lowest BCUT2D eigenvalue weighted by molar-refractivity contribution is 0.246. The molecule has 0 aliphatic rings. The van der Waals surface area contributed by atoms with Gasteiger partial charge < -0.3 is 10.6 Å². The summed E-state index contributed by atoms with van der Waals surface area (Å²) in [5.74, 6) is 0. The zero-order valence-corrected chi connectivity index (χ0v) is 13.4. The Kier molecular flexibility index (Phi) is 4.86. The van der Waals surface area contributed by atoms with Crippen LogP contribution in [-0.4, -0.2) is 20.8 Å². The molecule has 3 rings (SSSR count). The molecule has 0 spiro atoms. The van der Waals surface area contributed by atoms with E-state index < -0.39 is 0 Å². The maximum Gasteiger partial charge on any atom is 0.319 e. The molecule has 3 aromatic rings. The summed E-state index contributed by atoms with van der Waals surface area (Å²) in [6, 6.07) is 17.0. The van der Waals surface area contributed by atoms with Gasteiger partial charge in [-0.3, -0.25) is 4.68 Å². The third kappa shape index (κ3) is 4.19. The van der Waals surface area contributed by atoms with E-state index in [1.807, 2.05) is 61.5 Å². The maximum atomic E-state index is 12.3. The molecular formula is C18H19N5O. The number of aryl methyl sites for hydroxylation is 1. The number of hydrogen-bond donors (Lipinski definition) is 2. The first-order valence-corrected chi connectivity index (χ1v) is 7.72. The van der Waals surface area contributed by atoms with E-state index in [4.69, 9.17) is 0 Å². The van der Waals surface area contributed by atoms with E-state index in [9.17, 15) is 4.79 Å². The van der Waals surface area contributed by atoms with Gasteiger partial charge in [0.15, 0.2) is 0 Å². The van der Waals surface area contributed by atoms with Crippen molar-refractivity contribution >= 4 is 11.7 Å². The Bertz CT molecular complexity index is 769. The van der Waals surface area contributed by atoms with Gasteiger partial charge in [-0.25, -0.2) is 9.78 Å². The lowest BCUT2D eigenvalue weighted by atomic mass is 10.1. The summed E-state index contributed by atoms with van der Waals surface area (Å²) in [5.41, 5.74) is 2.91. The summed E-state index contributed by atoms with van der Waals surface area (Å²) in [4.78, 5) is 16.3. The van der Waals surface area contributed by atoms with Crippen molar-refractivity contribution in [3.05, 3.63) is 78.4 Å². The van der Waals surface area contributed by atoms with Crippen LogP contribution in [0.3, 0.4) is 0 Å². The van der Waals surface area contributed by atoms with E-state index in [2.05, 4.69) is 20.7 Å². The lowest BCUT2D eigenvalue weighted by Gasteiger charge is -2.19. The summed E-state index contributed by atoms with van der Waals surface area (Å²) >= 11 is 0. The largest absolute Gasteiger partial charge is 0.329 e. The normalized spacial score (nSPS) is 11.7. The molecule has 1 aromatic heterocycles. The molecule has 0 radical (unpaired) electrons. The summed E-state index contributed by atoms with van der Waals surface area (Å²) in [7, 11) is 0. The second kappa shape index (κ2) is 7.41. The average molecular weight is 321 g/mol. The van der Waals surface area contributed by atoms with E-state index >= 15 is 0 Å². The first kappa shape index (κ1) is 15.7. The highest BCUT2D eigenvalue weighted by Crippen LogP contribution is 2.15. The number of rotatable bonds is 5. The van der Waals surface area contributed by atoms with Crippen molar-refractivity contribution in [2.75, 3.05) is 5.32 Å². The first-order valence-electron chi connectivity index (χ1n) is 7.72. The maximum absolute atomic E-state index is 12.3. The van der Waals surface area contributed by atoms with Crippen molar-refractivity contribution < 1.29 is 4.79 Å². The minimum Gasteiger partial charge on any atom is -0.329 e. The van der Waals surface area contributed by atoms with Crippen LogP contribution in [0.25, 0.3) is 0 Å². The molecule has 6 heteroatoms. The molecule has 0 saturated heterocycles. The molecule has 2 N–H and O–H groups in total. The van der Waals surface area contributed by atoms with Crippen LogP contribution in [0.5, 0.6) is 0 Å². The molecular weight excluding hydrogens is 302 g/mol. The van der Waals surface area contributed by atoms with E-state index in [1.54, 1.807) is 11.0 Å².